The summed E-state index contributed by atoms with van der Waals surface area (Å²) in [5.41, 5.74) is 5.18. The van der Waals surface area contributed by atoms with Crippen molar-refractivity contribution in [1.82, 2.24) is 10.2 Å². The average molecular weight is 227 g/mol. The minimum atomic E-state index is -0.229. The molecule has 0 aromatic heterocycles. The lowest BCUT2D eigenvalue weighted by molar-refractivity contribution is -0.118. The van der Waals surface area contributed by atoms with Crippen molar-refractivity contribution >= 4 is 5.91 Å². The molecule has 4 nitrogen and oxygen atoms in total. The van der Waals surface area contributed by atoms with Crippen LogP contribution in [0.3, 0.4) is 0 Å². The zero-order valence-corrected chi connectivity index (χ0v) is 10.7. The van der Waals surface area contributed by atoms with Crippen LogP contribution in [0, 0.1) is 5.92 Å². The van der Waals surface area contributed by atoms with Crippen LogP contribution in [-0.2, 0) is 4.79 Å². The second-order valence-corrected chi connectivity index (χ2v) is 5.19. The summed E-state index contributed by atoms with van der Waals surface area (Å²) in [4.78, 5) is 13.2. The SMILES string of the molecule is CC(CC(N)=O)NC(C)C1CCCN(C)C1. The number of carbonyl (C=O) groups excluding carboxylic acids is 1. The van der Waals surface area contributed by atoms with E-state index in [2.05, 4.69) is 24.2 Å². The molecule has 1 heterocycles. The highest BCUT2D eigenvalue weighted by atomic mass is 16.1. The second kappa shape index (κ2) is 6.21. The lowest BCUT2D eigenvalue weighted by atomic mass is 9.91. The number of hydrogen-bond donors (Lipinski definition) is 2. The van der Waals surface area contributed by atoms with Crippen LogP contribution in [0.1, 0.15) is 33.1 Å². The minimum Gasteiger partial charge on any atom is -0.370 e. The molecule has 0 aromatic rings. The van der Waals surface area contributed by atoms with E-state index in [1.165, 1.54) is 19.4 Å². The summed E-state index contributed by atoms with van der Waals surface area (Å²) in [6.07, 6.45) is 2.98. The molecule has 1 saturated heterocycles. The highest BCUT2D eigenvalue weighted by molar-refractivity contribution is 5.74. The van der Waals surface area contributed by atoms with Crippen molar-refractivity contribution in [3.8, 4) is 0 Å². The van der Waals surface area contributed by atoms with Crippen LogP contribution in [-0.4, -0.2) is 43.0 Å². The molecule has 0 aliphatic carbocycles. The Morgan fingerprint density at radius 3 is 2.81 bits per heavy atom. The molecule has 16 heavy (non-hydrogen) atoms. The first-order chi connectivity index (χ1) is 7.49. The first-order valence-electron chi connectivity index (χ1n) is 6.22. The summed E-state index contributed by atoms with van der Waals surface area (Å²) in [5, 5.41) is 3.47. The quantitative estimate of drug-likeness (QED) is 0.722. The van der Waals surface area contributed by atoms with Gasteiger partial charge in [0.1, 0.15) is 0 Å². The summed E-state index contributed by atoms with van der Waals surface area (Å²) in [6.45, 7) is 6.59. The van der Waals surface area contributed by atoms with Gasteiger partial charge >= 0.3 is 0 Å². The van der Waals surface area contributed by atoms with Crippen LogP contribution in [0.4, 0.5) is 0 Å². The number of hydrogen-bond acceptors (Lipinski definition) is 3. The molecule has 1 aliphatic heterocycles. The Bertz CT molecular complexity index is 232. The molecule has 3 N–H and O–H groups in total. The fraction of sp³-hybridized carbons (Fsp3) is 0.917. The average Bonchev–Trinajstić information content (AvgIpc) is 2.16. The first kappa shape index (κ1) is 13.5. The van der Waals surface area contributed by atoms with E-state index >= 15 is 0 Å². The zero-order chi connectivity index (χ0) is 12.1. The van der Waals surface area contributed by atoms with E-state index in [9.17, 15) is 4.79 Å². The molecule has 0 aromatic carbocycles. The molecular weight excluding hydrogens is 202 g/mol. The lowest BCUT2D eigenvalue weighted by Gasteiger charge is -2.35. The van der Waals surface area contributed by atoms with Crippen molar-refractivity contribution < 1.29 is 4.79 Å². The van der Waals surface area contributed by atoms with Gasteiger partial charge in [-0.15, -0.1) is 0 Å². The Labute approximate surface area is 98.6 Å². The van der Waals surface area contributed by atoms with E-state index in [0.29, 0.717) is 18.4 Å². The molecule has 1 fully saturated rings. The number of piperidine rings is 1. The standard InChI is InChI=1S/C12H25N3O/c1-9(7-12(13)16)14-10(2)11-5-4-6-15(3)8-11/h9-11,14H,4-8H2,1-3H3,(H2,13,16). The van der Waals surface area contributed by atoms with Gasteiger partial charge in [-0.1, -0.05) is 0 Å². The van der Waals surface area contributed by atoms with Gasteiger partial charge in [0, 0.05) is 25.0 Å². The third kappa shape index (κ3) is 4.49. The molecule has 1 aliphatic rings. The van der Waals surface area contributed by atoms with Gasteiger partial charge < -0.3 is 16.0 Å². The fourth-order valence-electron chi connectivity index (χ4n) is 2.56. The maximum atomic E-state index is 10.8. The van der Waals surface area contributed by atoms with Crippen LogP contribution >= 0.6 is 0 Å². The van der Waals surface area contributed by atoms with Gasteiger partial charge in [-0.05, 0) is 46.2 Å². The van der Waals surface area contributed by atoms with Gasteiger partial charge in [0.05, 0.1) is 0 Å². The van der Waals surface area contributed by atoms with Crippen molar-refractivity contribution in [3.05, 3.63) is 0 Å². The van der Waals surface area contributed by atoms with Gasteiger partial charge in [-0.2, -0.15) is 0 Å². The predicted octanol–water partition coefficient (Wildman–Crippen LogP) is 0.570. The Morgan fingerprint density at radius 2 is 2.25 bits per heavy atom. The van der Waals surface area contributed by atoms with Crippen LogP contribution < -0.4 is 11.1 Å². The highest BCUT2D eigenvalue weighted by Gasteiger charge is 2.23. The molecule has 3 unspecified atom stereocenters. The number of nitrogens with one attached hydrogen (secondary N) is 1. The summed E-state index contributed by atoms with van der Waals surface area (Å²) in [7, 11) is 2.17. The Hall–Kier alpha value is -0.610. The molecule has 0 bridgehead atoms. The third-order valence-electron chi connectivity index (χ3n) is 3.42. The smallest absolute Gasteiger partial charge is 0.218 e. The highest BCUT2D eigenvalue weighted by Crippen LogP contribution is 2.18. The molecule has 3 atom stereocenters. The first-order valence-corrected chi connectivity index (χ1v) is 6.22. The van der Waals surface area contributed by atoms with E-state index in [0.717, 1.165) is 6.54 Å². The number of carbonyl (C=O) groups is 1. The van der Waals surface area contributed by atoms with Crippen molar-refractivity contribution in [3.63, 3.8) is 0 Å². The summed E-state index contributed by atoms with van der Waals surface area (Å²) >= 11 is 0. The van der Waals surface area contributed by atoms with E-state index in [1.807, 2.05) is 6.92 Å². The molecule has 1 rings (SSSR count). The second-order valence-electron chi connectivity index (χ2n) is 5.19. The van der Waals surface area contributed by atoms with Gasteiger partial charge in [0.25, 0.3) is 0 Å². The molecular formula is C12H25N3O. The summed E-state index contributed by atoms with van der Waals surface area (Å²) < 4.78 is 0. The predicted molar refractivity (Wildman–Crippen MR) is 66.1 cm³/mol. The van der Waals surface area contributed by atoms with Crippen molar-refractivity contribution in [2.75, 3.05) is 20.1 Å². The molecule has 0 saturated carbocycles. The van der Waals surface area contributed by atoms with E-state index in [-0.39, 0.29) is 11.9 Å². The van der Waals surface area contributed by atoms with Crippen LogP contribution in [0.2, 0.25) is 0 Å². The molecule has 94 valence electrons. The number of likely N-dealkylation sites (tertiary alicyclic amines) is 1. The fourth-order valence-corrected chi connectivity index (χ4v) is 2.56. The van der Waals surface area contributed by atoms with Gasteiger partial charge in [0.2, 0.25) is 5.91 Å². The summed E-state index contributed by atoms with van der Waals surface area (Å²) in [6, 6.07) is 0.636. The molecule has 4 heteroatoms. The summed E-state index contributed by atoms with van der Waals surface area (Å²) in [5.74, 6) is 0.460. The minimum absolute atomic E-state index is 0.180. The van der Waals surface area contributed by atoms with Crippen molar-refractivity contribution in [2.45, 2.75) is 45.2 Å². The normalized spacial score (nSPS) is 26.3. The van der Waals surface area contributed by atoms with Gasteiger partial charge in [-0.3, -0.25) is 4.79 Å². The van der Waals surface area contributed by atoms with Crippen LogP contribution in [0.25, 0.3) is 0 Å². The maximum absolute atomic E-state index is 10.8. The zero-order valence-electron chi connectivity index (χ0n) is 10.7. The van der Waals surface area contributed by atoms with E-state index in [1.54, 1.807) is 0 Å². The van der Waals surface area contributed by atoms with Gasteiger partial charge in [0.15, 0.2) is 0 Å². The Balaban J connectivity index is 2.32. The Morgan fingerprint density at radius 1 is 1.56 bits per heavy atom. The number of primary amides is 1. The van der Waals surface area contributed by atoms with E-state index in [4.69, 9.17) is 5.73 Å². The topological polar surface area (TPSA) is 58.4 Å². The largest absolute Gasteiger partial charge is 0.370 e. The molecule has 1 amide bonds. The van der Waals surface area contributed by atoms with Crippen LogP contribution in [0.5, 0.6) is 0 Å². The monoisotopic (exact) mass is 227 g/mol. The van der Waals surface area contributed by atoms with E-state index < -0.39 is 0 Å². The molecule has 0 radical (unpaired) electrons. The maximum Gasteiger partial charge on any atom is 0.218 e. The molecule has 0 spiro atoms. The number of rotatable bonds is 5. The van der Waals surface area contributed by atoms with Gasteiger partial charge in [-0.25, -0.2) is 0 Å². The van der Waals surface area contributed by atoms with Crippen molar-refractivity contribution in [2.24, 2.45) is 11.7 Å². The number of nitrogens with two attached hydrogens (primary N) is 1. The number of amides is 1. The Kier molecular flexibility index (Phi) is 5.22. The number of nitrogens with zero attached hydrogens (tertiary/aromatic N) is 1. The third-order valence-corrected chi connectivity index (χ3v) is 3.42. The van der Waals surface area contributed by atoms with Crippen LogP contribution in [0.15, 0.2) is 0 Å². The van der Waals surface area contributed by atoms with Crippen molar-refractivity contribution in [1.29, 1.82) is 0 Å². The lowest BCUT2D eigenvalue weighted by Crippen LogP contribution is -2.46.